The van der Waals surface area contributed by atoms with Crippen LogP contribution < -0.4 is 0 Å². The highest BCUT2D eigenvalue weighted by atomic mass is 16.4. The van der Waals surface area contributed by atoms with Crippen LogP contribution in [-0.4, -0.2) is 33.5 Å². The molecule has 2 fully saturated rings. The molecule has 0 aliphatic heterocycles. The first kappa shape index (κ1) is 20.2. The highest BCUT2D eigenvalue weighted by Gasteiger charge is 2.58. The molecule has 156 valence electrons. The van der Waals surface area contributed by atoms with Gasteiger partial charge in [-0.3, -0.25) is 4.79 Å². The van der Waals surface area contributed by atoms with Crippen molar-refractivity contribution in [2.45, 2.75) is 84.3 Å². The second-order valence-corrected chi connectivity index (χ2v) is 10.5. The molecular weight excluding hydrogens is 352 g/mol. The predicted octanol–water partition coefficient (Wildman–Crippen LogP) is 4.32. The van der Waals surface area contributed by atoms with Crippen LogP contribution >= 0.6 is 0 Å². The van der Waals surface area contributed by atoms with Crippen molar-refractivity contribution >= 4 is 5.97 Å². The molecule has 4 aliphatic carbocycles. The van der Waals surface area contributed by atoms with E-state index in [1.165, 1.54) is 11.1 Å². The molecule has 0 bridgehead atoms. The van der Waals surface area contributed by atoms with E-state index in [4.69, 9.17) is 5.11 Å². The zero-order valence-electron chi connectivity index (χ0n) is 17.5. The van der Waals surface area contributed by atoms with E-state index < -0.39 is 12.1 Å². The Morgan fingerprint density at radius 2 is 2.00 bits per heavy atom. The van der Waals surface area contributed by atoms with Crippen molar-refractivity contribution < 1.29 is 20.1 Å². The molecular formula is C24H36O4. The van der Waals surface area contributed by atoms with E-state index >= 15 is 0 Å². The van der Waals surface area contributed by atoms with Crippen molar-refractivity contribution in [1.29, 1.82) is 0 Å². The minimum atomic E-state index is -0.730. The largest absolute Gasteiger partial charge is 0.481 e. The summed E-state index contributed by atoms with van der Waals surface area (Å²) < 4.78 is 0. The van der Waals surface area contributed by atoms with Gasteiger partial charge in [-0.1, -0.05) is 32.9 Å². The molecule has 0 aromatic rings. The van der Waals surface area contributed by atoms with Gasteiger partial charge in [-0.25, -0.2) is 0 Å². The molecule has 2 saturated carbocycles. The van der Waals surface area contributed by atoms with Gasteiger partial charge >= 0.3 is 5.97 Å². The summed E-state index contributed by atoms with van der Waals surface area (Å²) >= 11 is 0. The number of fused-ring (bicyclic) bond motifs is 5. The molecule has 0 spiro atoms. The first-order chi connectivity index (χ1) is 13.2. The Kier molecular flexibility index (Phi) is 5.03. The van der Waals surface area contributed by atoms with Crippen LogP contribution in [0.15, 0.2) is 23.3 Å². The Bertz CT molecular complexity index is 709. The van der Waals surface area contributed by atoms with Crippen LogP contribution in [0, 0.1) is 34.5 Å². The Morgan fingerprint density at radius 1 is 1.25 bits per heavy atom. The fourth-order valence-corrected chi connectivity index (χ4v) is 7.34. The van der Waals surface area contributed by atoms with Crippen LogP contribution in [0.3, 0.4) is 0 Å². The van der Waals surface area contributed by atoms with Crippen LogP contribution in [0.4, 0.5) is 0 Å². The van der Waals surface area contributed by atoms with Crippen LogP contribution in [0.1, 0.15) is 72.1 Å². The average molecular weight is 389 g/mol. The van der Waals surface area contributed by atoms with E-state index in [0.717, 1.165) is 38.5 Å². The van der Waals surface area contributed by atoms with E-state index in [1.807, 2.05) is 0 Å². The highest BCUT2D eigenvalue weighted by Crippen LogP contribution is 2.64. The van der Waals surface area contributed by atoms with Gasteiger partial charge in [-0.2, -0.15) is 0 Å². The number of hydrogen-bond acceptors (Lipinski definition) is 3. The summed E-state index contributed by atoms with van der Waals surface area (Å²) in [6, 6.07) is 0. The maximum atomic E-state index is 11.4. The van der Waals surface area contributed by atoms with Gasteiger partial charge in [0.05, 0.1) is 12.2 Å². The van der Waals surface area contributed by atoms with Gasteiger partial charge in [-0.15, -0.1) is 0 Å². The van der Waals surface area contributed by atoms with E-state index in [2.05, 4.69) is 32.9 Å². The topological polar surface area (TPSA) is 77.8 Å². The first-order valence-electron chi connectivity index (χ1n) is 11.2. The summed E-state index contributed by atoms with van der Waals surface area (Å²) in [5.74, 6) is 0.752. The molecule has 0 aromatic carbocycles. The second-order valence-electron chi connectivity index (χ2n) is 10.5. The summed E-state index contributed by atoms with van der Waals surface area (Å²) in [5.41, 5.74) is 2.67. The number of hydrogen-bond donors (Lipinski definition) is 3. The monoisotopic (exact) mass is 388 g/mol. The molecule has 0 heterocycles. The number of carbonyl (C=O) groups is 1. The molecule has 4 heteroatoms. The lowest BCUT2D eigenvalue weighted by Crippen LogP contribution is -2.50. The van der Waals surface area contributed by atoms with E-state index in [9.17, 15) is 15.0 Å². The molecule has 4 aliphatic rings. The van der Waals surface area contributed by atoms with Gasteiger partial charge in [0.1, 0.15) is 0 Å². The third-order valence-corrected chi connectivity index (χ3v) is 9.16. The van der Waals surface area contributed by atoms with Gasteiger partial charge in [0, 0.05) is 11.8 Å². The fourth-order valence-electron chi connectivity index (χ4n) is 7.34. The van der Waals surface area contributed by atoms with E-state index in [-0.39, 0.29) is 23.4 Å². The minimum absolute atomic E-state index is 0.0681. The Labute approximate surface area is 168 Å². The summed E-state index contributed by atoms with van der Waals surface area (Å²) in [7, 11) is 0. The molecule has 0 unspecified atom stereocenters. The smallest absolute Gasteiger partial charge is 0.303 e. The first-order valence-corrected chi connectivity index (χ1v) is 11.2. The number of carboxylic acids is 1. The van der Waals surface area contributed by atoms with Crippen LogP contribution in [0.2, 0.25) is 0 Å². The standard InChI is InChI=1S/C24H36O4/c1-14(4-9-22(27)28)18-7-8-19-17-6-5-15-12-16(25)10-11-23(15,2)20(17)13-21(26)24(18,19)3/h6,13-16,18-19,21,25-26H,4-5,7-12H2,1-3H3,(H,27,28)/t14-,15-,16-,18-,19+,21-,23+,24-/m1/s1. The predicted molar refractivity (Wildman–Crippen MR) is 109 cm³/mol. The van der Waals surface area contributed by atoms with Crippen molar-refractivity contribution in [1.82, 2.24) is 0 Å². The van der Waals surface area contributed by atoms with Crippen LogP contribution in [0.25, 0.3) is 0 Å². The number of aliphatic hydroxyl groups excluding tert-OH is 2. The molecule has 0 saturated heterocycles. The lowest BCUT2D eigenvalue weighted by atomic mass is 9.51. The van der Waals surface area contributed by atoms with Gasteiger partial charge in [0.25, 0.3) is 0 Å². The average Bonchev–Trinajstić information content (AvgIpc) is 3.00. The number of rotatable bonds is 4. The molecule has 4 rings (SSSR count). The summed E-state index contributed by atoms with van der Waals surface area (Å²) in [6.45, 7) is 6.76. The van der Waals surface area contributed by atoms with Crippen molar-refractivity contribution in [3.8, 4) is 0 Å². The van der Waals surface area contributed by atoms with Crippen LogP contribution in [0.5, 0.6) is 0 Å². The molecule has 3 N–H and O–H groups in total. The zero-order valence-corrected chi connectivity index (χ0v) is 17.5. The van der Waals surface area contributed by atoms with E-state index in [0.29, 0.717) is 30.1 Å². The lowest BCUT2D eigenvalue weighted by molar-refractivity contribution is -0.137. The number of carboxylic acid groups (broad SMARTS) is 1. The fraction of sp³-hybridized carbons (Fsp3) is 0.792. The molecule has 4 nitrogen and oxygen atoms in total. The maximum Gasteiger partial charge on any atom is 0.303 e. The maximum absolute atomic E-state index is 11.4. The number of aliphatic hydroxyl groups is 2. The Morgan fingerprint density at radius 3 is 2.71 bits per heavy atom. The van der Waals surface area contributed by atoms with Crippen molar-refractivity contribution in [3.05, 3.63) is 23.3 Å². The lowest BCUT2D eigenvalue weighted by Gasteiger charge is -2.54. The zero-order chi connectivity index (χ0) is 20.3. The molecule has 0 amide bonds. The Balaban J connectivity index is 1.65. The normalized spacial score (nSPS) is 46.0. The highest BCUT2D eigenvalue weighted by molar-refractivity contribution is 5.66. The van der Waals surface area contributed by atoms with Crippen molar-refractivity contribution in [2.75, 3.05) is 0 Å². The molecule has 8 atom stereocenters. The van der Waals surface area contributed by atoms with Gasteiger partial charge in [0.2, 0.25) is 0 Å². The quantitative estimate of drug-likeness (QED) is 0.670. The summed E-state index contributed by atoms with van der Waals surface area (Å²) in [4.78, 5) is 11.0. The Hall–Kier alpha value is -1.13. The van der Waals surface area contributed by atoms with Gasteiger partial charge in [-0.05, 0) is 85.2 Å². The minimum Gasteiger partial charge on any atom is -0.481 e. The number of aliphatic carboxylic acids is 1. The van der Waals surface area contributed by atoms with Crippen molar-refractivity contribution in [3.63, 3.8) is 0 Å². The van der Waals surface area contributed by atoms with Crippen molar-refractivity contribution in [2.24, 2.45) is 34.5 Å². The third kappa shape index (κ3) is 2.90. The van der Waals surface area contributed by atoms with Gasteiger partial charge in [0.15, 0.2) is 0 Å². The second kappa shape index (κ2) is 6.98. The summed E-state index contributed by atoms with van der Waals surface area (Å²) in [5, 5.41) is 30.6. The third-order valence-electron chi connectivity index (χ3n) is 9.16. The number of allylic oxidation sites excluding steroid dienone is 3. The summed E-state index contributed by atoms with van der Waals surface area (Å²) in [6.07, 6.45) is 10.7. The van der Waals surface area contributed by atoms with E-state index in [1.54, 1.807) is 0 Å². The molecule has 28 heavy (non-hydrogen) atoms. The molecule has 0 aromatic heterocycles. The van der Waals surface area contributed by atoms with Gasteiger partial charge < -0.3 is 15.3 Å². The molecule has 0 radical (unpaired) electrons. The van der Waals surface area contributed by atoms with Crippen LogP contribution in [-0.2, 0) is 4.79 Å². The SMILES string of the molecule is C[C@H](CCC(=O)O)[C@H]1CC[C@H]2C3=CC[C@@H]4C[C@H](O)CC[C@]4(C)C3=C[C@@H](O)[C@]12C.